The molecule has 2 heterocycles. The number of aromatic nitrogens is 2. The SMILES string of the molecule is CNc1nnc(CN2CCCC(N(C)C)C2)s1. The molecule has 17 heavy (non-hydrogen) atoms. The molecule has 1 unspecified atom stereocenters. The molecule has 1 atom stereocenters. The summed E-state index contributed by atoms with van der Waals surface area (Å²) in [6, 6.07) is 0.681. The standard InChI is InChI=1S/C11H21N5S/c1-12-11-14-13-10(17-11)8-16-6-4-5-9(7-16)15(2)3/h9H,4-8H2,1-3H3,(H,12,14). The molecule has 96 valence electrons. The first-order chi connectivity index (χ1) is 8.19. The fraction of sp³-hybridized carbons (Fsp3) is 0.818. The number of piperidine rings is 1. The molecule has 1 aromatic rings. The van der Waals surface area contributed by atoms with Crippen LogP contribution < -0.4 is 5.32 Å². The van der Waals surface area contributed by atoms with Gasteiger partial charge in [0.05, 0.1) is 6.54 Å². The Kier molecular flexibility index (Phi) is 4.31. The number of likely N-dealkylation sites (N-methyl/N-ethyl adjacent to an activating group) is 1. The molecule has 0 aliphatic carbocycles. The summed E-state index contributed by atoms with van der Waals surface area (Å²) in [4.78, 5) is 4.80. The third-order valence-corrected chi connectivity index (χ3v) is 4.18. The lowest BCUT2D eigenvalue weighted by atomic mass is 10.1. The lowest BCUT2D eigenvalue weighted by molar-refractivity contribution is 0.127. The van der Waals surface area contributed by atoms with E-state index in [1.807, 2.05) is 7.05 Å². The third kappa shape index (κ3) is 3.37. The minimum Gasteiger partial charge on any atom is -0.363 e. The van der Waals surface area contributed by atoms with Crippen molar-refractivity contribution in [3.8, 4) is 0 Å². The highest BCUT2D eigenvalue weighted by atomic mass is 32.1. The Morgan fingerprint density at radius 3 is 2.94 bits per heavy atom. The number of nitrogens with one attached hydrogen (secondary N) is 1. The molecule has 5 nitrogen and oxygen atoms in total. The molecule has 1 aromatic heterocycles. The van der Waals surface area contributed by atoms with Gasteiger partial charge in [-0.15, -0.1) is 10.2 Å². The van der Waals surface area contributed by atoms with Crippen molar-refractivity contribution in [3.63, 3.8) is 0 Å². The topological polar surface area (TPSA) is 44.3 Å². The van der Waals surface area contributed by atoms with Crippen molar-refractivity contribution in [1.82, 2.24) is 20.0 Å². The van der Waals surface area contributed by atoms with Crippen LogP contribution in [0.5, 0.6) is 0 Å². The van der Waals surface area contributed by atoms with Crippen molar-refractivity contribution >= 4 is 16.5 Å². The van der Waals surface area contributed by atoms with Crippen LogP contribution in [0.2, 0.25) is 0 Å². The smallest absolute Gasteiger partial charge is 0.205 e. The zero-order chi connectivity index (χ0) is 12.3. The molecular weight excluding hydrogens is 234 g/mol. The molecule has 1 fully saturated rings. The number of hydrogen-bond acceptors (Lipinski definition) is 6. The molecular formula is C11H21N5S. The van der Waals surface area contributed by atoms with Gasteiger partial charge in [0.1, 0.15) is 5.01 Å². The third-order valence-electron chi connectivity index (χ3n) is 3.25. The molecule has 1 N–H and O–H groups in total. The summed E-state index contributed by atoms with van der Waals surface area (Å²) in [6.45, 7) is 3.25. The summed E-state index contributed by atoms with van der Waals surface area (Å²) in [6.07, 6.45) is 2.59. The normalized spacial score (nSPS) is 22.0. The molecule has 1 saturated heterocycles. The maximum Gasteiger partial charge on any atom is 0.205 e. The minimum atomic E-state index is 0.681. The van der Waals surface area contributed by atoms with E-state index in [1.165, 1.54) is 19.4 Å². The van der Waals surface area contributed by atoms with Crippen LogP contribution in [-0.4, -0.2) is 60.3 Å². The molecule has 0 bridgehead atoms. The maximum absolute atomic E-state index is 4.20. The molecule has 0 amide bonds. The largest absolute Gasteiger partial charge is 0.363 e. The van der Waals surface area contributed by atoms with E-state index in [4.69, 9.17) is 0 Å². The first-order valence-electron chi connectivity index (χ1n) is 6.08. The Bertz CT molecular complexity index is 351. The molecule has 2 rings (SSSR count). The lowest BCUT2D eigenvalue weighted by Gasteiger charge is -2.35. The quantitative estimate of drug-likeness (QED) is 0.873. The van der Waals surface area contributed by atoms with E-state index in [2.05, 4.69) is 39.4 Å². The molecule has 0 radical (unpaired) electrons. The summed E-state index contributed by atoms with van der Waals surface area (Å²) in [5, 5.41) is 13.3. The summed E-state index contributed by atoms with van der Waals surface area (Å²) in [5.74, 6) is 0. The van der Waals surface area contributed by atoms with E-state index < -0.39 is 0 Å². The van der Waals surface area contributed by atoms with Gasteiger partial charge in [0.25, 0.3) is 0 Å². The number of likely N-dealkylation sites (tertiary alicyclic amines) is 1. The van der Waals surface area contributed by atoms with Gasteiger partial charge in [-0.2, -0.15) is 0 Å². The van der Waals surface area contributed by atoms with Crippen molar-refractivity contribution in [2.75, 3.05) is 39.5 Å². The van der Waals surface area contributed by atoms with E-state index >= 15 is 0 Å². The zero-order valence-corrected chi connectivity index (χ0v) is 11.6. The van der Waals surface area contributed by atoms with E-state index in [0.29, 0.717) is 6.04 Å². The van der Waals surface area contributed by atoms with Crippen LogP contribution in [0.1, 0.15) is 17.8 Å². The average molecular weight is 255 g/mol. The first kappa shape index (κ1) is 12.7. The molecule has 0 aromatic carbocycles. The van der Waals surface area contributed by atoms with E-state index in [1.54, 1.807) is 11.3 Å². The molecule has 6 heteroatoms. The Balaban J connectivity index is 1.90. The molecule has 0 spiro atoms. The zero-order valence-electron chi connectivity index (χ0n) is 10.8. The first-order valence-corrected chi connectivity index (χ1v) is 6.89. The Morgan fingerprint density at radius 2 is 2.29 bits per heavy atom. The molecule has 1 aliphatic heterocycles. The van der Waals surface area contributed by atoms with Crippen LogP contribution in [0.25, 0.3) is 0 Å². The van der Waals surface area contributed by atoms with Crippen LogP contribution in [-0.2, 0) is 6.54 Å². The highest BCUT2D eigenvalue weighted by Gasteiger charge is 2.22. The van der Waals surface area contributed by atoms with Crippen LogP contribution in [0.3, 0.4) is 0 Å². The number of nitrogens with zero attached hydrogens (tertiary/aromatic N) is 4. The molecule has 0 saturated carbocycles. The lowest BCUT2D eigenvalue weighted by Crippen LogP contribution is -2.44. The average Bonchev–Trinajstić information content (AvgIpc) is 2.77. The van der Waals surface area contributed by atoms with Crippen molar-refractivity contribution in [1.29, 1.82) is 0 Å². The Morgan fingerprint density at radius 1 is 1.47 bits per heavy atom. The van der Waals surface area contributed by atoms with E-state index in [9.17, 15) is 0 Å². The second-order valence-electron chi connectivity index (χ2n) is 4.75. The van der Waals surface area contributed by atoms with Crippen molar-refractivity contribution in [2.45, 2.75) is 25.4 Å². The number of anilines is 1. The number of rotatable bonds is 4. The highest BCUT2D eigenvalue weighted by Crippen LogP contribution is 2.19. The van der Waals surface area contributed by atoms with Crippen molar-refractivity contribution in [2.24, 2.45) is 0 Å². The van der Waals surface area contributed by atoms with Gasteiger partial charge in [0.15, 0.2) is 0 Å². The summed E-state index contributed by atoms with van der Waals surface area (Å²) >= 11 is 1.65. The molecule has 1 aliphatic rings. The second-order valence-corrected chi connectivity index (χ2v) is 5.81. The fourth-order valence-electron chi connectivity index (χ4n) is 2.21. The fourth-order valence-corrected chi connectivity index (χ4v) is 2.94. The monoisotopic (exact) mass is 255 g/mol. The van der Waals surface area contributed by atoms with Gasteiger partial charge in [-0.1, -0.05) is 11.3 Å². The predicted octanol–water partition coefficient (Wildman–Crippen LogP) is 1.11. The van der Waals surface area contributed by atoms with Gasteiger partial charge in [-0.3, -0.25) is 4.90 Å². The van der Waals surface area contributed by atoms with Crippen LogP contribution in [0, 0.1) is 0 Å². The maximum atomic E-state index is 4.20. The summed E-state index contributed by atoms with van der Waals surface area (Å²) in [5.41, 5.74) is 0. The van der Waals surface area contributed by atoms with Gasteiger partial charge in [0, 0.05) is 19.6 Å². The van der Waals surface area contributed by atoms with Crippen LogP contribution in [0.4, 0.5) is 5.13 Å². The summed E-state index contributed by atoms with van der Waals surface area (Å²) < 4.78 is 0. The van der Waals surface area contributed by atoms with Gasteiger partial charge in [-0.25, -0.2) is 0 Å². The summed E-state index contributed by atoms with van der Waals surface area (Å²) in [7, 11) is 6.21. The van der Waals surface area contributed by atoms with Crippen LogP contribution >= 0.6 is 11.3 Å². The second kappa shape index (κ2) is 5.75. The Hall–Kier alpha value is -0.720. The van der Waals surface area contributed by atoms with Gasteiger partial charge >= 0.3 is 0 Å². The van der Waals surface area contributed by atoms with Gasteiger partial charge in [0.2, 0.25) is 5.13 Å². The minimum absolute atomic E-state index is 0.681. The van der Waals surface area contributed by atoms with E-state index in [-0.39, 0.29) is 0 Å². The van der Waals surface area contributed by atoms with Crippen LogP contribution in [0.15, 0.2) is 0 Å². The van der Waals surface area contributed by atoms with Gasteiger partial charge in [-0.05, 0) is 33.5 Å². The number of hydrogen-bond donors (Lipinski definition) is 1. The Labute approximate surface area is 107 Å². The highest BCUT2D eigenvalue weighted by molar-refractivity contribution is 7.15. The van der Waals surface area contributed by atoms with E-state index in [0.717, 1.165) is 23.2 Å². The van der Waals surface area contributed by atoms with Crippen molar-refractivity contribution < 1.29 is 0 Å². The predicted molar refractivity (Wildman–Crippen MR) is 71.4 cm³/mol. The van der Waals surface area contributed by atoms with Crippen molar-refractivity contribution in [3.05, 3.63) is 5.01 Å². The van der Waals surface area contributed by atoms with Gasteiger partial charge < -0.3 is 10.2 Å².